The molecular formula is C30H32ClN3O8. The van der Waals surface area contributed by atoms with Gasteiger partial charge in [0.1, 0.15) is 23.3 Å². The summed E-state index contributed by atoms with van der Waals surface area (Å²) in [4.78, 5) is 53.3. The predicted molar refractivity (Wildman–Crippen MR) is 152 cm³/mol. The van der Waals surface area contributed by atoms with Gasteiger partial charge in [-0.2, -0.15) is 0 Å². The van der Waals surface area contributed by atoms with E-state index in [9.17, 15) is 39.6 Å². The van der Waals surface area contributed by atoms with Crippen LogP contribution in [0.25, 0.3) is 16.9 Å². The summed E-state index contributed by atoms with van der Waals surface area (Å²) >= 11 is 5.61. The Morgan fingerprint density at radius 2 is 1.83 bits per heavy atom. The number of amides is 2. The molecule has 0 aliphatic heterocycles. The second-order valence-corrected chi connectivity index (χ2v) is 11.6. The molecule has 2 saturated carbocycles. The third-order valence-electron chi connectivity index (χ3n) is 8.85. The van der Waals surface area contributed by atoms with Crippen molar-refractivity contribution in [1.82, 2.24) is 10.2 Å². The maximum Gasteiger partial charge on any atom is 0.235 e. The number of hydrogen-bond donors (Lipinski definition) is 6. The number of carbonyl (C=O) groups is 4. The number of phenolic OH excluding ortho intramolecular Hbond substituents is 1. The van der Waals surface area contributed by atoms with E-state index < -0.39 is 64.6 Å². The van der Waals surface area contributed by atoms with Gasteiger partial charge >= 0.3 is 0 Å². The number of rotatable bonds is 6. The van der Waals surface area contributed by atoms with Crippen LogP contribution in [-0.2, 0) is 32.1 Å². The maximum atomic E-state index is 14.1. The Kier molecular flexibility index (Phi) is 7.65. The first-order valence-electron chi connectivity index (χ1n) is 13.5. The number of aliphatic hydroxyl groups is 3. The number of nitrogens with two attached hydrogens (primary N) is 1. The number of Topliss-reactive ketones (excluding diaryl/α,β-unsaturated/α-hetero) is 2. The number of phenols is 1. The van der Waals surface area contributed by atoms with Crippen LogP contribution in [0.3, 0.4) is 0 Å². The van der Waals surface area contributed by atoms with Gasteiger partial charge in [0.25, 0.3) is 0 Å². The van der Waals surface area contributed by atoms with Gasteiger partial charge in [-0.05, 0) is 55.6 Å². The first-order chi connectivity index (χ1) is 19.8. The van der Waals surface area contributed by atoms with Crippen molar-refractivity contribution >= 4 is 40.7 Å². The summed E-state index contributed by atoms with van der Waals surface area (Å²) in [5, 5.41) is 48.4. The fraction of sp³-hybridized carbons (Fsp3) is 0.400. The Bertz CT molecular complexity index is 1520. The zero-order valence-electron chi connectivity index (χ0n) is 23.0. The van der Waals surface area contributed by atoms with Crippen molar-refractivity contribution in [1.29, 1.82) is 0 Å². The molecule has 11 nitrogen and oxygen atoms in total. The molecular weight excluding hydrogens is 566 g/mol. The van der Waals surface area contributed by atoms with Crippen LogP contribution in [0.2, 0.25) is 0 Å². The molecule has 0 spiro atoms. The highest BCUT2D eigenvalue weighted by Gasteiger charge is 2.67. The molecule has 0 saturated heterocycles. The molecule has 2 aromatic carbocycles. The number of benzene rings is 2. The Balaban J connectivity index is 1.72. The predicted octanol–water partition coefficient (Wildman–Crippen LogP) is 0.651. The van der Waals surface area contributed by atoms with Gasteiger partial charge in [-0.15, -0.1) is 11.6 Å². The van der Waals surface area contributed by atoms with Crippen molar-refractivity contribution < 1.29 is 39.6 Å². The Hall–Kier alpha value is -3.77. The molecule has 2 aromatic rings. The van der Waals surface area contributed by atoms with E-state index >= 15 is 0 Å². The van der Waals surface area contributed by atoms with Crippen molar-refractivity contribution in [2.75, 3.05) is 20.0 Å². The number of hydrogen-bond acceptors (Lipinski definition) is 9. The third kappa shape index (κ3) is 4.39. The second-order valence-electron chi connectivity index (χ2n) is 11.4. The summed E-state index contributed by atoms with van der Waals surface area (Å²) < 4.78 is 0. The van der Waals surface area contributed by atoms with Gasteiger partial charge in [0.2, 0.25) is 17.6 Å². The van der Waals surface area contributed by atoms with Crippen molar-refractivity contribution in [3.05, 3.63) is 58.7 Å². The van der Waals surface area contributed by atoms with Crippen LogP contribution in [-0.4, -0.2) is 86.4 Å². The van der Waals surface area contributed by atoms with E-state index in [1.165, 1.54) is 0 Å². The molecule has 0 heterocycles. The van der Waals surface area contributed by atoms with Gasteiger partial charge in [-0.25, -0.2) is 0 Å². The second kappa shape index (κ2) is 10.8. The van der Waals surface area contributed by atoms with Crippen LogP contribution >= 0.6 is 11.6 Å². The molecule has 0 aromatic heterocycles. The van der Waals surface area contributed by atoms with E-state index in [-0.39, 0.29) is 47.7 Å². The molecule has 3 aliphatic carbocycles. The van der Waals surface area contributed by atoms with E-state index in [0.29, 0.717) is 11.1 Å². The van der Waals surface area contributed by atoms with E-state index in [1.54, 1.807) is 25.1 Å². The number of nitrogens with zero attached hydrogens (tertiary/aromatic N) is 1. The smallest absolute Gasteiger partial charge is 0.235 e. The Morgan fingerprint density at radius 1 is 1.17 bits per heavy atom. The number of nitrogens with one attached hydrogen (secondary N) is 1. The zero-order valence-corrected chi connectivity index (χ0v) is 23.8. The van der Waals surface area contributed by atoms with Crippen LogP contribution in [0.5, 0.6) is 5.75 Å². The molecule has 6 atom stereocenters. The van der Waals surface area contributed by atoms with Gasteiger partial charge in [-0.1, -0.05) is 30.3 Å². The summed E-state index contributed by atoms with van der Waals surface area (Å²) in [5.74, 6) is -8.89. The molecule has 7 N–H and O–H groups in total. The summed E-state index contributed by atoms with van der Waals surface area (Å²) in [6.45, 7) is -0.127. The van der Waals surface area contributed by atoms with Crippen molar-refractivity contribution in [3.8, 4) is 16.9 Å². The lowest BCUT2D eigenvalue weighted by Gasteiger charge is -2.53. The Morgan fingerprint density at radius 3 is 2.43 bits per heavy atom. The Labute approximate surface area is 246 Å². The third-order valence-corrected chi connectivity index (χ3v) is 9.09. The number of carbonyl (C=O) groups excluding carboxylic acids is 4. The minimum absolute atomic E-state index is 0.0146. The van der Waals surface area contributed by atoms with Gasteiger partial charge in [0.05, 0.1) is 11.7 Å². The minimum Gasteiger partial charge on any atom is -0.507 e. The lowest BCUT2D eigenvalue weighted by Crippen LogP contribution is -2.73. The number of primary amides is 1. The van der Waals surface area contributed by atoms with Crippen molar-refractivity contribution in [3.63, 3.8) is 0 Å². The molecule has 2 unspecified atom stereocenters. The highest BCUT2D eigenvalue weighted by Crippen LogP contribution is 2.53. The first-order valence-corrected chi connectivity index (χ1v) is 14.0. The fourth-order valence-electron chi connectivity index (χ4n) is 6.98. The fourth-order valence-corrected chi connectivity index (χ4v) is 7.07. The molecule has 5 rings (SSSR count). The average molecular weight is 598 g/mol. The van der Waals surface area contributed by atoms with Gasteiger partial charge in [0.15, 0.2) is 11.4 Å². The highest BCUT2D eigenvalue weighted by molar-refractivity contribution is 6.27. The van der Waals surface area contributed by atoms with E-state index in [2.05, 4.69) is 5.32 Å². The number of aromatic hydroxyl groups is 1. The van der Waals surface area contributed by atoms with Crippen LogP contribution < -0.4 is 11.1 Å². The molecule has 42 heavy (non-hydrogen) atoms. The van der Waals surface area contributed by atoms with Crippen molar-refractivity contribution in [2.24, 2.45) is 23.5 Å². The number of ketones is 2. The molecule has 2 fully saturated rings. The number of halogens is 1. The number of aliphatic hydroxyl groups excluding tert-OH is 2. The number of likely N-dealkylation sites (N-methyl/N-ethyl adjacent to an activating group) is 1. The quantitative estimate of drug-likeness (QED) is 0.205. The standard InChI is InChI=1S/C30H32ClN3O8/c1-34(2)23-18-10-14-8-17-16(13-6-4-3-5-7-13)9-15(12-33-19(35)11-31)24(36)21(17)25(37)20(14)27(39)30(18,42)28(40)22(26(23)38)29(32)41/h3-7,9,14,18,22-23,26,36-38,42H,8,10-12H2,1-2H3,(H2,32,41)(H,33,35)/t14-,18-,22?,23-,26?,30-/m1/s1. The average Bonchev–Trinajstić information content (AvgIpc) is 2.94. The molecule has 2 amide bonds. The van der Waals surface area contributed by atoms with Crippen molar-refractivity contribution in [2.45, 2.75) is 37.1 Å². The van der Waals surface area contributed by atoms with Crippen LogP contribution in [0, 0.1) is 17.8 Å². The van der Waals surface area contributed by atoms with Gasteiger partial charge in [0, 0.05) is 29.6 Å². The normalized spacial score (nSPS) is 28.7. The topological polar surface area (TPSA) is 190 Å². The minimum atomic E-state index is -2.74. The highest BCUT2D eigenvalue weighted by atomic mass is 35.5. The summed E-state index contributed by atoms with van der Waals surface area (Å²) in [5.41, 5.74) is 4.58. The summed E-state index contributed by atoms with van der Waals surface area (Å²) in [6.07, 6.45) is -1.39. The monoisotopic (exact) mass is 597 g/mol. The van der Waals surface area contributed by atoms with Gasteiger partial charge < -0.3 is 36.4 Å². The summed E-state index contributed by atoms with van der Waals surface area (Å²) in [6, 6.07) is 9.89. The number of fused-ring (bicyclic) bond motifs is 3. The molecule has 3 aliphatic rings. The van der Waals surface area contributed by atoms with E-state index in [4.69, 9.17) is 17.3 Å². The molecule has 222 valence electrons. The first kappa shape index (κ1) is 29.7. The SMILES string of the molecule is CN(C)[C@H]1C(O)C(C(N)=O)C(=O)[C@]2(O)C(=O)C3=C(O)c4c(O)c(CNC(=O)CCl)cc(-c5ccccc5)c4C[C@@H]3C[C@H]12. The van der Waals surface area contributed by atoms with E-state index in [0.717, 1.165) is 5.56 Å². The molecule has 0 radical (unpaired) electrons. The molecule has 12 heteroatoms. The lowest BCUT2D eigenvalue weighted by molar-refractivity contribution is -0.184. The maximum absolute atomic E-state index is 14.1. The zero-order chi connectivity index (χ0) is 30.7. The number of alkyl halides is 1. The van der Waals surface area contributed by atoms with E-state index in [1.807, 2.05) is 30.3 Å². The lowest BCUT2D eigenvalue weighted by atomic mass is 9.54. The summed E-state index contributed by atoms with van der Waals surface area (Å²) in [7, 11) is 3.20. The van der Waals surface area contributed by atoms with Crippen LogP contribution in [0.1, 0.15) is 23.1 Å². The largest absolute Gasteiger partial charge is 0.507 e. The van der Waals surface area contributed by atoms with Gasteiger partial charge in [-0.3, -0.25) is 19.2 Å². The van der Waals surface area contributed by atoms with Crippen LogP contribution in [0.4, 0.5) is 0 Å². The van der Waals surface area contributed by atoms with Crippen LogP contribution in [0.15, 0.2) is 42.0 Å². The molecule has 0 bridgehead atoms.